The number of rotatable bonds is 5. The molecule has 0 saturated heterocycles. The van der Waals surface area contributed by atoms with E-state index in [-0.39, 0.29) is 0 Å². The number of hydrogen-bond acceptors (Lipinski definition) is 4. The molecule has 1 aromatic heterocycles. The first-order valence-electron chi connectivity index (χ1n) is 15.9. The fourth-order valence-corrected chi connectivity index (χ4v) is 6.55. The van der Waals surface area contributed by atoms with Crippen LogP contribution in [-0.2, 0) is 0 Å². The Hall–Kier alpha value is -6.26. The van der Waals surface area contributed by atoms with Crippen molar-refractivity contribution in [3.05, 3.63) is 180 Å². The van der Waals surface area contributed by atoms with Crippen molar-refractivity contribution in [3.8, 4) is 22.3 Å². The van der Waals surface area contributed by atoms with Crippen LogP contribution in [0.25, 0.3) is 55.0 Å². The van der Waals surface area contributed by atoms with Gasteiger partial charge < -0.3 is 9.73 Å². The van der Waals surface area contributed by atoms with E-state index in [4.69, 9.17) is 14.4 Å². The van der Waals surface area contributed by atoms with E-state index in [1.807, 2.05) is 24.3 Å². The Morgan fingerprint density at radius 3 is 1.79 bits per heavy atom. The highest BCUT2D eigenvalue weighted by atomic mass is 16.3. The largest absolute Gasteiger partial charge is 0.456 e. The Bertz CT molecular complexity index is 2480. The standard InChI is InChI=1S/C43H29N3O/c1-3-10-28(11-4-1)29-18-20-32(21-19-29)42-44-41(31-13-5-2-6-14-31)45-43(46-42)35-16-9-15-33(26-35)34-23-24-38-37(27-34)40-36-17-8-7-12-30(36)22-25-39(40)47-38/h1-27,43H,(H,44,45,46). The molecule has 1 atom stereocenters. The average Bonchev–Trinajstić information content (AvgIpc) is 3.54. The van der Waals surface area contributed by atoms with Gasteiger partial charge in [-0.05, 0) is 62.9 Å². The van der Waals surface area contributed by atoms with Crippen LogP contribution in [0.3, 0.4) is 0 Å². The first-order valence-corrected chi connectivity index (χ1v) is 15.9. The smallest absolute Gasteiger partial charge is 0.169 e. The molecule has 4 nitrogen and oxygen atoms in total. The Balaban J connectivity index is 1.12. The van der Waals surface area contributed by atoms with Gasteiger partial charge >= 0.3 is 0 Å². The van der Waals surface area contributed by atoms with Crippen LogP contribution in [0.2, 0.25) is 0 Å². The first kappa shape index (κ1) is 27.1. The summed E-state index contributed by atoms with van der Waals surface area (Å²) in [5.74, 6) is 1.60. The van der Waals surface area contributed by atoms with E-state index in [0.29, 0.717) is 0 Å². The highest BCUT2D eigenvalue weighted by molar-refractivity contribution is 6.19. The van der Waals surface area contributed by atoms with Crippen LogP contribution in [0.15, 0.2) is 178 Å². The molecule has 2 heterocycles. The second kappa shape index (κ2) is 11.3. The lowest BCUT2D eigenvalue weighted by Crippen LogP contribution is -2.36. The summed E-state index contributed by atoms with van der Waals surface area (Å²) in [5.41, 5.74) is 9.44. The van der Waals surface area contributed by atoms with Crippen molar-refractivity contribution in [2.45, 2.75) is 6.17 Å². The van der Waals surface area contributed by atoms with Gasteiger partial charge in [-0.1, -0.05) is 140 Å². The Morgan fingerprint density at radius 1 is 0.426 bits per heavy atom. The number of fused-ring (bicyclic) bond motifs is 5. The molecule has 0 radical (unpaired) electrons. The zero-order chi connectivity index (χ0) is 31.2. The van der Waals surface area contributed by atoms with Crippen molar-refractivity contribution < 1.29 is 4.42 Å². The molecule has 0 fully saturated rings. The second-order valence-corrected chi connectivity index (χ2v) is 11.9. The van der Waals surface area contributed by atoms with Crippen molar-refractivity contribution in [2.24, 2.45) is 9.98 Å². The van der Waals surface area contributed by atoms with Crippen LogP contribution in [0.5, 0.6) is 0 Å². The molecule has 0 spiro atoms. The average molecular weight is 604 g/mol. The molecule has 0 aliphatic carbocycles. The summed E-state index contributed by atoms with van der Waals surface area (Å²) in [4.78, 5) is 10.3. The maximum Gasteiger partial charge on any atom is 0.169 e. The van der Waals surface area contributed by atoms with Gasteiger partial charge in [-0.15, -0.1) is 0 Å². The van der Waals surface area contributed by atoms with E-state index in [1.54, 1.807) is 0 Å². The normalized spacial score (nSPS) is 14.6. The highest BCUT2D eigenvalue weighted by Gasteiger charge is 2.21. The zero-order valence-corrected chi connectivity index (χ0v) is 25.5. The summed E-state index contributed by atoms with van der Waals surface area (Å²) >= 11 is 0. The van der Waals surface area contributed by atoms with Crippen LogP contribution in [0.1, 0.15) is 22.9 Å². The van der Waals surface area contributed by atoms with Gasteiger partial charge in [0.2, 0.25) is 0 Å². The Labute approximate surface area is 272 Å². The Morgan fingerprint density at radius 2 is 1.00 bits per heavy atom. The minimum atomic E-state index is -0.405. The molecule has 47 heavy (non-hydrogen) atoms. The van der Waals surface area contributed by atoms with Gasteiger partial charge in [-0.25, -0.2) is 9.98 Å². The van der Waals surface area contributed by atoms with Gasteiger partial charge in [-0.2, -0.15) is 0 Å². The van der Waals surface area contributed by atoms with Gasteiger partial charge in [0.25, 0.3) is 0 Å². The summed E-state index contributed by atoms with van der Waals surface area (Å²) in [5, 5.41) is 8.20. The third-order valence-electron chi connectivity index (χ3n) is 8.93. The van der Waals surface area contributed by atoms with Crippen molar-refractivity contribution in [1.29, 1.82) is 0 Å². The lowest BCUT2D eigenvalue weighted by molar-refractivity contribution is 0.669. The molecule has 222 valence electrons. The molecule has 1 N–H and O–H groups in total. The topological polar surface area (TPSA) is 49.9 Å². The molecule has 7 aromatic carbocycles. The highest BCUT2D eigenvalue weighted by Crippen LogP contribution is 2.37. The zero-order valence-electron chi connectivity index (χ0n) is 25.5. The van der Waals surface area contributed by atoms with Crippen LogP contribution >= 0.6 is 0 Å². The minimum absolute atomic E-state index is 0.405. The molecule has 0 bridgehead atoms. The second-order valence-electron chi connectivity index (χ2n) is 11.9. The molecule has 0 amide bonds. The number of aliphatic imine (C=N–C) groups is 2. The summed E-state index contributed by atoms with van der Waals surface area (Å²) in [7, 11) is 0. The van der Waals surface area contributed by atoms with E-state index >= 15 is 0 Å². The number of benzene rings is 7. The molecule has 1 unspecified atom stereocenters. The van der Waals surface area contributed by atoms with Crippen LogP contribution in [0.4, 0.5) is 0 Å². The number of nitrogens with one attached hydrogen (secondary N) is 1. The molecule has 1 aliphatic heterocycles. The summed E-state index contributed by atoms with van der Waals surface area (Å²) in [6.07, 6.45) is -0.405. The fraction of sp³-hybridized carbons (Fsp3) is 0.0233. The van der Waals surface area contributed by atoms with Gasteiger partial charge in [0, 0.05) is 21.9 Å². The molecule has 4 heteroatoms. The summed E-state index contributed by atoms with van der Waals surface area (Å²) in [6.45, 7) is 0. The fourth-order valence-electron chi connectivity index (χ4n) is 6.55. The molecule has 9 rings (SSSR count). The van der Waals surface area contributed by atoms with Gasteiger partial charge in [0.05, 0.1) is 0 Å². The summed E-state index contributed by atoms with van der Waals surface area (Å²) in [6, 6.07) is 57.0. The van der Waals surface area contributed by atoms with Crippen molar-refractivity contribution in [2.75, 3.05) is 0 Å². The maximum atomic E-state index is 6.27. The van der Waals surface area contributed by atoms with E-state index in [9.17, 15) is 0 Å². The first-order chi connectivity index (χ1) is 23.3. The number of furan rings is 1. The molecular weight excluding hydrogens is 574 g/mol. The van der Waals surface area contributed by atoms with Gasteiger partial charge in [-0.3, -0.25) is 0 Å². The van der Waals surface area contributed by atoms with Crippen LogP contribution in [0, 0.1) is 0 Å². The lowest BCUT2D eigenvalue weighted by Gasteiger charge is -2.23. The third kappa shape index (κ3) is 4.97. The van der Waals surface area contributed by atoms with E-state index in [1.165, 1.54) is 21.9 Å². The number of hydrogen-bond donors (Lipinski definition) is 1. The van der Waals surface area contributed by atoms with Crippen molar-refractivity contribution in [3.63, 3.8) is 0 Å². The third-order valence-corrected chi connectivity index (χ3v) is 8.93. The van der Waals surface area contributed by atoms with Crippen LogP contribution in [-0.4, -0.2) is 11.7 Å². The van der Waals surface area contributed by atoms with Crippen LogP contribution < -0.4 is 5.32 Å². The van der Waals surface area contributed by atoms with Crippen molar-refractivity contribution in [1.82, 2.24) is 5.32 Å². The predicted octanol–water partition coefficient (Wildman–Crippen LogP) is 10.6. The SMILES string of the molecule is c1ccc(C2=NC(c3cccc(-c4ccc5oc6ccc7ccccc7c6c5c4)c3)N=C(c3ccc(-c4ccccc4)cc3)N2)cc1. The lowest BCUT2D eigenvalue weighted by atomic mass is 9.98. The Kier molecular flexibility index (Phi) is 6.50. The molecule has 1 aliphatic rings. The molecule has 0 saturated carbocycles. The van der Waals surface area contributed by atoms with E-state index < -0.39 is 6.17 Å². The van der Waals surface area contributed by atoms with E-state index in [0.717, 1.165) is 61.4 Å². The van der Waals surface area contributed by atoms with Gasteiger partial charge in [0.1, 0.15) is 22.8 Å². The number of amidine groups is 2. The molecular formula is C43H29N3O. The summed E-state index contributed by atoms with van der Waals surface area (Å²) < 4.78 is 6.27. The molecule has 8 aromatic rings. The quantitative estimate of drug-likeness (QED) is 0.213. The predicted molar refractivity (Wildman–Crippen MR) is 194 cm³/mol. The monoisotopic (exact) mass is 603 g/mol. The maximum absolute atomic E-state index is 6.27. The minimum Gasteiger partial charge on any atom is -0.456 e. The van der Waals surface area contributed by atoms with E-state index in [2.05, 4.69) is 145 Å². The van der Waals surface area contributed by atoms with Gasteiger partial charge in [0.15, 0.2) is 6.17 Å². The number of nitrogens with zero attached hydrogens (tertiary/aromatic N) is 2. The van der Waals surface area contributed by atoms with Crippen molar-refractivity contribution >= 4 is 44.4 Å².